The van der Waals surface area contributed by atoms with Crippen molar-refractivity contribution in [2.75, 3.05) is 65.4 Å². The monoisotopic (exact) mass is 1090 g/mol. The van der Waals surface area contributed by atoms with Gasteiger partial charge in [-0.2, -0.15) is 0 Å². The van der Waals surface area contributed by atoms with Crippen molar-refractivity contribution in [3.05, 3.63) is 180 Å². The van der Waals surface area contributed by atoms with E-state index in [2.05, 4.69) is 153 Å². The minimum atomic E-state index is 1.19. The molecule has 6 rings (SSSR count). The van der Waals surface area contributed by atoms with Crippen LogP contribution in [-0.2, 0) is 0 Å². The molecule has 10 bridgehead atoms. The third-order valence-electron chi connectivity index (χ3n) is 17.7. The van der Waals surface area contributed by atoms with Gasteiger partial charge < -0.3 is 24.5 Å². The van der Waals surface area contributed by atoms with Gasteiger partial charge in [0.25, 0.3) is 0 Å². The van der Waals surface area contributed by atoms with E-state index >= 15 is 0 Å². The number of hydrogen-bond donors (Lipinski definition) is 5. The second-order valence-electron chi connectivity index (χ2n) is 24.9. The smallest absolute Gasteiger partial charge is 0.103 e. The quantitative estimate of drug-likeness (QED) is 0.149. The van der Waals surface area contributed by atoms with Crippen LogP contribution in [0.4, 0.5) is 0 Å². The van der Waals surface area contributed by atoms with Gasteiger partial charge in [0, 0.05) is 32.1 Å². The summed E-state index contributed by atoms with van der Waals surface area (Å²) in [7, 11) is 0. The minimum absolute atomic E-state index is 1.19. The van der Waals surface area contributed by atoms with E-state index in [4.69, 9.17) is 0 Å². The highest BCUT2D eigenvalue weighted by Crippen LogP contribution is 2.17. The molecule has 0 aromatic heterocycles. The number of allylic oxidation sites excluding steroid dienone is 15. The van der Waals surface area contributed by atoms with Gasteiger partial charge in [-0.3, -0.25) is 0 Å². The lowest BCUT2D eigenvalue weighted by molar-refractivity contribution is -0.842. The van der Waals surface area contributed by atoms with E-state index in [-0.39, 0.29) is 0 Å². The molecule has 5 N–H and O–H groups in total. The van der Waals surface area contributed by atoms with Crippen LogP contribution in [0, 0.1) is 0 Å². The Morgan fingerprint density at radius 1 is 0.188 bits per heavy atom. The lowest BCUT2D eigenvalue weighted by atomic mass is 10.0. The van der Waals surface area contributed by atoms with Crippen molar-refractivity contribution >= 4 is 0 Å². The number of hydrogen-bond acceptors (Lipinski definition) is 0. The van der Waals surface area contributed by atoms with Crippen molar-refractivity contribution in [2.45, 2.75) is 225 Å². The van der Waals surface area contributed by atoms with E-state index < -0.39 is 0 Å². The topological polar surface area (TPSA) is 22.2 Å². The average Bonchev–Trinajstić information content (AvgIpc) is 3.48. The molecule has 0 amide bonds. The Hall–Kier alpha value is -4.10. The van der Waals surface area contributed by atoms with Crippen molar-refractivity contribution in [1.82, 2.24) is 0 Å². The summed E-state index contributed by atoms with van der Waals surface area (Å²) in [6.07, 6.45) is 106. The first-order valence-corrected chi connectivity index (χ1v) is 34.0. The molecule has 0 aliphatic carbocycles. The molecule has 0 aromatic rings. The average molecular weight is 1090 g/mol. The van der Waals surface area contributed by atoms with Crippen molar-refractivity contribution in [1.29, 1.82) is 0 Å². The summed E-state index contributed by atoms with van der Waals surface area (Å²) < 4.78 is 0. The molecule has 6 aliphatic rings. The van der Waals surface area contributed by atoms with Crippen molar-refractivity contribution in [3.63, 3.8) is 0 Å². The van der Waals surface area contributed by atoms with E-state index in [9.17, 15) is 0 Å². The van der Waals surface area contributed by atoms with Crippen molar-refractivity contribution < 1.29 is 24.5 Å². The lowest BCUT2D eigenvalue weighted by Crippen LogP contribution is -3.08. The van der Waals surface area contributed by atoms with Gasteiger partial charge in [-0.05, 0) is 187 Å². The van der Waals surface area contributed by atoms with Gasteiger partial charge in [-0.1, -0.05) is 155 Å². The van der Waals surface area contributed by atoms with E-state index in [0.29, 0.717) is 0 Å². The van der Waals surface area contributed by atoms with E-state index in [1.807, 2.05) is 0 Å². The summed E-state index contributed by atoms with van der Waals surface area (Å²) in [5.74, 6) is 0. The molecular weight excluding hydrogens is 971 g/mol. The third kappa shape index (κ3) is 31.9. The molecule has 6 aliphatic heterocycles. The highest BCUT2D eigenvalue weighted by atomic mass is 15.1. The highest BCUT2D eigenvalue weighted by Gasteiger charge is 2.16. The van der Waals surface area contributed by atoms with Crippen molar-refractivity contribution in [2.24, 2.45) is 0 Å². The minimum Gasteiger partial charge on any atom is -0.305 e. The van der Waals surface area contributed by atoms with Gasteiger partial charge >= 0.3 is 0 Å². The predicted molar refractivity (Wildman–Crippen MR) is 347 cm³/mol. The fourth-order valence-electron chi connectivity index (χ4n) is 12.7. The summed E-state index contributed by atoms with van der Waals surface area (Å²) in [5.41, 5.74) is 8.26. The Kier molecular flexibility index (Phi) is 36.2. The number of quaternary nitrogens is 5. The maximum Gasteiger partial charge on any atom is 0.103 e. The second-order valence-corrected chi connectivity index (χ2v) is 24.9. The van der Waals surface area contributed by atoms with Crippen molar-refractivity contribution in [3.8, 4) is 0 Å². The number of fused-ring (bicyclic) bond motifs is 10. The van der Waals surface area contributed by atoms with Gasteiger partial charge in [-0.15, -0.1) is 0 Å². The van der Waals surface area contributed by atoms with E-state index in [1.165, 1.54) is 290 Å². The van der Waals surface area contributed by atoms with Gasteiger partial charge in [0.15, 0.2) is 0 Å². The largest absolute Gasteiger partial charge is 0.305 e. The van der Waals surface area contributed by atoms with Crippen LogP contribution in [0.15, 0.2) is 180 Å². The van der Waals surface area contributed by atoms with Crippen LogP contribution in [0.5, 0.6) is 0 Å². The van der Waals surface area contributed by atoms with Crippen LogP contribution in [0.25, 0.3) is 0 Å². The lowest BCUT2D eigenvalue weighted by Gasteiger charge is -2.19. The highest BCUT2D eigenvalue weighted by molar-refractivity contribution is 5.17. The maximum atomic E-state index is 2.46. The zero-order valence-electron chi connectivity index (χ0n) is 51.3. The molecule has 5 nitrogen and oxygen atoms in total. The zero-order valence-corrected chi connectivity index (χ0v) is 51.3. The first-order valence-electron chi connectivity index (χ1n) is 34.0. The molecule has 5 unspecified atom stereocenters. The van der Waals surface area contributed by atoms with Gasteiger partial charge in [0.2, 0.25) is 0 Å². The van der Waals surface area contributed by atoms with Gasteiger partial charge in [0.05, 0.1) is 63.7 Å². The van der Waals surface area contributed by atoms with Gasteiger partial charge in [-0.25, -0.2) is 0 Å². The molecule has 6 heterocycles. The Bertz CT molecular complexity index is 1780. The van der Waals surface area contributed by atoms with Crippen LogP contribution in [0.3, 0.4) is 0 Å². The Labute approximate surface area is 492 Å². The summed E-state index contributed by atoms with van der Waals surface area (Å²) in [6, 6.07) is 0. The molecule has 0 fully saturated rings. The van der Waals surface area contributed by atoms with Crippen LogP contribution >= 0.6 is 0 Å². The summed E-state index contributed by atoms with van der Waals surface area (Å²) >= 11 is 0. The molecule has 0 radical (unpaired) electrons. The fourth-order valence-corrected chi connectivity index (χ4v) is 12.7. The standard InChI is InChI=1S/C75H115N5/c1-6-16-26-36-56-76-61-42-52-72(67-76)47-32-22-12-3-8-18-28-38-58-78-63-44-54-74(69-78)49-34-24-14-5-10-20-30-40-60-80-65-45-55-75(70-80)50-35-25-15-4-9-19-29-39-59-79-64-43-53-73(68-79)48-33-23-13-2-7-17-27-37-57-77-62-41-51-71(66-77)46-31-21-11-1/h16-20,26-30,41-45,51-55,61-65H,1-15,21-25,31-40,46-50,56-60,66-70H2/p+5. The van der Waals surface area contributed by atoms with Crippen LogP contribution in [-0.4, -0.2) is 65.4 Å². The summed E-state index contributed by atoms with van der Waals surface area (Å²) in [4.78, 5) is 8.15. The molecule has 5 atom stereocenters. The van der Waals surface area contributed by atoms with Crippen LogP contribution in [0.1, 0.15) is 225 Å². The number of rotatable bonds is 0. The molecule has 0 spiro atoms. The van der Waals surface area contributed by atoms with E-state index in [0.717, 1.165) is 0 Å². The number of nitrogens with one attached hydrogen (secondary N) is 5. The first-order chi connectivity index (χ1) is 39.7. The molecule has 80 heavy (non-hydrogen) atoms. The van der Waals surface area contributed by atoms with Crippen LogP contribution in [0.2, 0.25) is 0 Å². The second kappa shape index (κ2) is 44.5. The maximum absolute atomic E-state index is 2.46. The van der Waals surface area contributed by atoms with Gasteiger partial charge in [0.1, 0.15) is 32.7 Å². The Morgan fingerprint density at radius 2 is 0.362 bits per heavy atom. The first kappa shape index (κ1) is 65.1. The Morgan fingerprint density at radius 3 is 0.562 bits per heavy atom. The fraction of sp³-hybridized carbons (Fsp3) is 0.600. The molecule has 5 heteroatoms. The molecular formula is C75H120N5+5. The predicted octanol–water partition coefficient (Wildman–Crippen LogP) is 13.1. The third-order valence-corrected chi connectivity index (χ3v) is 17.7. The molecule has 440 valence electrons. The summed E-state index contributed by atoms with van der Waals surface area (Å²) in [5, 5.41) is 0. The molecule has 0 aromatic carbocycles. The summed E-state index contributed by atoms with van der Waals surface area (Å²) in [6.45, 7) is 12.1. The molecule has 0 saturated heterocycles. The SMILES string of the molecule is C1=C[NH+]2CCC=CCCCCCCC3=CC=C[NH+](CCC=CCCCCCCC4=CC=C[NH+](CCC=CCCCCCCC5=CC=C[NH+](CCC=CCCCCCCC6=CC=C[NH+](CCC=CCCCCCCC(=C1)C2)C6)C5)C4)C3. The normalized spacial score (nSPS) is 27.5. The van der Waals surface area contributed by atoms with Crippen LogP contribution < -0.4 is 24.5 Å². The molecule has 0 saturated carbocycles. The Balaban J connectivity index is 0.817. The zero-order chi connectivity index (χ0) is 55.3. The van der Waals surface area contributed by atoms with E-state index in [1.54, 1.807) is 52.4 Å².